The highest BCUT2D eigenvalue weighted by molar-refractivity contribution is 7.91. The van der Waals surface area contributed by atoms with Gasteiger partial charge in [0.1, 0.15) is 0 Å². The lowest BCUT2D eigenvalue weighted by molar-refractivity contribution is 0.568. The Balaban J connectivity index is 2.35. The molecule has 1 aliphatic heterocycles. The standard InChI is InChI=1S/C12H15N3O2S/c1-9-8-18(16,17)5-4-15(9)12-6-10(7-13)2-3-11(12)14/h2-3,6,9H,4-5,8,14H2,1H3. The van der Waals surface area contributed by atoms with E-state index in [1.54, 1.807) is 18.2 Å². The van der Waals surface area contributed by atoms with Gasteiger partial charge in [-0.15, -0.1) is 0 Å². The lowest BCUT2D eigenvalue weighted by atomic mass is 10.1. The highest BCUT2D eigenvalue weighted by Crippen LogP contribution is 2.28. The molecule has 1 aromatic rings. The maximum Gasteiger partial charge on any atom is 0.154 e. The second-order valence-electron chi connectivity index (χ2n) is 4.54. The van der Waals surface area contributed by atoms with Crippen molar-refractivity contribution in [3.8, 4) is 6.07 Å². The second kappa shape index (κ2) is 4.50. The predicted octanol–water partition coefficient (Wildman–Crippen LogP) is 0.764. The Bertz CT molecular complexity index is 604. The number of nitrogens with two attached hydrogens (primary N) is 1. The SMILES string of the molecule is CC1CS(=O)(=O)CCN1c1cc(C#N)ccc1N. The number of rotatable bonds is 1. The molecule has 1 unspecified atom stereocenters. The van der Waals surface area contributed by atoms with Crippen molar-refractivity contribution in [3.63, 3.8) is 0 Å². The summed E-state index contributed by atoms with van der Waals surface area (Å²) in [5.74, 6) is 0.261. The highest BCUT2D eigenvalue weighted by atomic mass is 32.2. The molecule has 18 heavy (non-hydrogen) atoms. The fourth-order valence-electron chi connectivity index (χ4n) is 2.22. The third-order valence-corrected chi connectivity index (χ3v) is 4.93. The molecular formula is C12H15N3O2S. The lowest BCUT2D eigenvalue weighted by Gasteiger charge is -2.35. The molecule has 1 saturated heterocycles. The third kappa shape index (κ3) is 2.41. The maximum absolute atomic E-state index is 11.5. The van der Waals surface area contributed by atoms with Gasteiger partial charge in [0.25, 0.3) is 0 Å². The van der Waals surface area contributed by atoms with Crippen LogP contribution in [0.3, 0.4) is 0 Å². The smallest absolute Gasteiger partial charge is 0.154 e. The molecular weight excluding hydrogens is 250 g/mol. The fraction of sp³-hybridized carbons (Fsp3) is 0.417. The van der Waals surface area contributed by atoms with E-state index in [2.05, 4.69) is 6.07 Å². The molecule has 6 heteroatoms. The Kier molecular flexibility index (Phi) is 3.18. The van der Waals surface area contributed by atoms with E-state index in [1.165, 1.54) is 0 Å². The van der Waals surface area contributed by atoms with E-state index < -0.39 is 9.84 Å². The van der Waals surface area contributed by atoms with Crippen LogP contribution < -0.4 is 10.6 Å². The molecule has 0 aromatic heterocycles. The minimum Gasteiger partial charge on any atom is -0.397 e. The minimum absolute atomic E-state index is 0.125. The van der Waals surface area contributed by atoms with Gasteiger partial charge in [0.15, 0.2) is 9.84 Å². The largest absolute Gasteiger partial charge is 0.397 e. The van der Waals surface area contributed by atoms with Crippen molar-refractivity contribution in [2.75, 3.05) is 28.7 Å². The molecule has 2 rings (SSSR count). The average Bonchev–Trinajstić information content (AvgIpc) is 2.29. The first kappa shape index (κ1) is 12.7. The van der Waals surface area contributed by atoms with Crippen LogP contribution in [0.25, 0.3) is 0 Å². The molecule has 0 aliphatic carbocycles. The van der Waals surface area contributed by atoms with Crippen molar-refractivity contribution >= 4 is 21.2 Å². The molecule has 0 radical (unpaired) electrons. The molecule has 96 valence electrons. The summed E-state index contributed by atoms with van der Waals surface area (Å²) in [5, 5.41) is 8.90. The Morgan fingerprint density at radius 1 is 1.50 bits per heavy atom. The molecule has 0 bridgehead atoms. The molecule has 2 N–H and O–H groups in total. The summed E-state index contributed by atoms with van der Waals surface area (Å²) < 4.78 is 23.1. The first-order chi connectivity index (χ1) is 8.43. The minimum atomic E-state index is -2.95. The molecule has 1 atom stereocenters. The topological polar surface area (TPSA) is 87.2 Å². The molecule has 1 heterocycles. The van der Waals surface area contributed by atoms with E-state index in [-0.39, 0.29) is 17.5 Å². The van der Waals surface area contributed by atoms with E-state index in [4.69, 9.17) is 11.0 Å². The van der Waals surface area contributed by atoms with Gasteiger partial charge < -0.3 is 10.6 Å². The van der Waals surface area contributed by atoms with Crippen molar-refractivity contribution in [2.24, 2.45) is 0 Å². The summed E-state index contributed by atoms with van der Waals surface area (Å²) in [6.07, 6.45) is 0. The van der Waals surface area contributed by atoms with Gasteiger partial charge in [-0.25, -0.2) is 8.42 Å². The number of hydrogen-bond acceptors (Lipinski definition) is 5. The summed E-state index contributed by atoms with van der Waals surface area (Å²) in [6.45, 7) is 2.28. The second-order valence-corrected chi connectivity index (χ2v) is 6.77. The summed E-state index contributed by atoms with van der Waals surface area (Å²) in [6, 6.07) is 6.99. The Labute approximate surface area is 107 Å². The normalized spacial score (nSPS) is 22.4. The van der Waals surface area contributed by atoms with Crippen molar-refractivity contribution < 1.29 is 8.42 Å². The van der Waals surface area contributed by atoms with Crippen LogP contribution in [0.5, 0.6) is 0 Å². The van der Waals surface area contributed by atoms with Gasteiger partial charge in [-0.05, 0) is 25.1 Å². The summed E-state index contributed by atoms with van der Waals surface area (Å²) in [5.41, 5.74) is 7.75. The van der Waals surface area contributed by atoms with Crippen LogP contribution >= 0.6 is 0 Å². The number of benzene rings is 1. The summed E-state index contributed by atoms with van der Waals surface area (Å²) >= 11 is 0. The van der Waals surface area contributed by atoms with Crippen LogP contribution in [-0.4, -0.2) is 32.5 Å². The Morgan fingerprint density at radius 2 is 2.22 bits per heavy atom. The van der Waals surface area contributed by atoms with E-state index >= 15 is 0 Å². The van der Waals surface area contributed by atoms with Gasteiger partial charge in [0, 0.05) is 12.6 Å². The van der Waals surface area contributed by atoms with Crippen LogP contribution in [-0.2, 0) is 9.84 Å². The van der Waals surface area contributed by atoms with E-state index in [0.717, 1.165) is 5.69 Å². The zero-order valence-corrected chi connectivity index (χ0v) is 10.9. The van der Waals surface area contributed by atoms with Crippen LogP contribution in [0.4, 0.5) is 11.4 Å². The average molecular weight is 265 g/mol. The predicted molar refractivity (Wildman–Crippen MR) is 71.0 cm³/mol. The van der Waals surface area contributed by atoms with Crippen LogP contribution in [0.2, 0.25) is 0 Å². The van der Waals surface area contributed by atoms with Crippen molar-refractivity contribution in [3.05, 3.63) is 23.8 Å². The molecule has 0 amide bonds. The van der Waals surface area contributed by atoms with E-state index in [1.807, 2.05) is 11.8 Å². The molecule has 0 saturated carbocycles. The quantitative estimate of drug-likeness (QED) is 0.758. The van der Waals surface area contributed by atoms with Crippen LogP contribution in [0, 0.1) is 11.3 Å². The number of hydrogen-bond donors (Lipinski definition) is 1. The molecule has 5 nitrogen and oxygen atoms in total. The number of anilines is 2. The van der Waals surface area contributed by atoms with Crippen LogP contribution in [0.15, 0.2) is 18.2 Å². The summed E-state index contributed by atoms with van der Waals surface area (Å²) in [4.78, 5) is 1.96. The highest BCUT2D eigenvalue weighted by Gasteiger charge is 2.29. The van der Waals surface area contributed by atoms with Gasteiger partial charge in [0.2, 0.25) is 0 Å². The number of nitrogens with zero attached hydrogens (tertiary/aromatic N) is 2. The van der Waals surface area contributed by atoms with Gasteiger partial charge in [-0.2, -0.15) is 5.26 Å². The Hall–Kier alpha value is -1.74. The molecule has 1 aliphatic rings. The first-order valence-corrected chi connectivity index (χ1v) is 7.52. The lowest BCUT2D eigenvalue weighted by Crippen LogP contribution is -2.47. The van der Waals surface area contributed by atoms with Gasteiger partial charge in [-0.1, -0.05) is 0 Å². The van der Waals surface area contributed by atoms with E-state index in [9.17, 15) is 8.42 Å². The van der Waals surface area contributed by atoms with E-state index in [0.29, 0.717) is 17.8 Å². The molecule has 0 spiro atoms. The van der Waals surface area contributed by atoms with Crippen molar-refractivity contribution in [2.45, 2.75) is 13.0 Å². The van der Waals surface area contributed by atoms with Crippen molar-refractivity contribution in [1.29, 1.82) is 5.26 Å². The molecule has 1 fully saturated rings. The van der Waals surface area contributed by atoms with Gasteiger partial charge in [-0.3, -0.25) is 0 Å². The molecule has 1 aromatic carbocycles. The number of nitriles is 1. The van der Waals surface area contributed by atoms with Gasteiger partial charge in [0.05, 0.1) is 34.5 Å². The maximum atomic E-state index is 11.5. The third-order valence-electron chi connectivity index (χ3n) is 3.14. The first-order valence-electron chi connectivity index (χ1n) is 5.69. The number of nitrogen functional groups attached to an aromatic ring is 1. The fourth-order valence-corrected chi connectivity index (χ4v) is 3.77. The monoisotopic (exact) mass is 265 g/mol. The zero-order chi connectivity index (χ0) is 13.3. The number of sulfone groups is 1. The zero-order valence-electron chi connectivity index (χ0n) is 10.1. The van der Waals surface area contributed by atoms with Gasteiger partial charge >= 0.3 is 0 Å². The van der Waals surface area contributed by atoms with Crippen LogP contribution in [0.1, 0.15) is 12.5 Å². The summed E-state index contributed by atoms with van der Waals surface area (Å²) in [7, 11) is -2.95. The Morgan fingerprint density at radius 3 is 2.83 bits per heavy atom. The van der Waals surface area contributed by atoms with Crippen molar-refractivity contribution in [1.82, 2.24) is 0 Å².